The van der Waals surface area contributed by atoms with Gasteiger partial charge in [0.25, 0.3) is 5.91 Å². The van der Waals surface area contributed by atoms with Crippen LogP contribution in [0.3, 0.4) is 0 Å². The first-order valence-electron chi connectivity index (χ1n) is 7.09. The van der Waals surface area contributed by atoms with Gasteiger partial charge < -0.3 is 14.2 Å². The van der Waals surface area contributed by atoms with Gasteiger partial charge in [-0.15, -0.1) is 0 Å². The molecule has 0 radical (unpaired) electrons. The van der Waals surface area contributed by atoms with Gasteiger partial charge in [-0.05, 0) is 45.1 Å². The van der Waals surface area contributed by atoms with E-state index in [1.54, 1.807) is 0 Å². The molecule has 0 spiro atoms. The van der Waals surface area contributed by atoms with Crippen molar-refractivity contribution in [2.24, 2.45) is 0 Å². The van der Waals surface area contributed by atoms with E-state index in [1.807, 2.05) is 42.3 Å². The predicted molar refractivity (Wildman–Crippen MR) is 78.8 cm³/mol. The van der Waals surface area contributed by atoms with Gasteiger partial charge in [0.15, 0.2) is 5.76 Å². The Hall–Kier alpha value is -1.81. The molecule has 0 N–H and O–H groups in total. The maximum atomic E-state index is 12.5. The lowest BCUT2D eigenvalue weighted by Gasteiger charge is -2.34. The van der Waals surface area contributed by atoms with E-state index in [4.69, 9.17) is 4.42 Å². The van der Waals surface area contributed by atoms with E-state index in [0.29, 0.717) is 11.8 Å². The van der Waals surface area contributed by atoms with Crippen LogP contribution >= 0.6 is 0 Å². The number of piperidine rings is 1. The molecule has 1 fully saturated rings. The van der Waals surface area contributed by atoms with Crippen LogP contribution in [0.1, 0.15) is 23.4 Å². The van der Waals surface area contributed by atoms with E-state index in [2.05, 4.69) is 11.9 Å². The molecule has 106 valence electrons. The monoisotopic (exact) mass is 272 g/mol. The molecule has 1 aromatic heterocycles. The van der Waals surface area contributed by atoms with Crippen LogP contribution in [0, 0.1) is 0 Å². The van der Waals surface area contributed by atoms with Crippen LogP contribution in [0.15, 0.2) is 34.7 Å². The minimum absolute atomic E-state index is 0.0178. The average Bonchev–Trinajstić information content (AvgIpc) is 2.90. The second kappa shape index (κ2) is 5.29. The van der Waals surface area contributed by atoms with Crippen molar-refractivity contribution < 1.29 is 9.21 Å². The second-order valence-corrected chi connectivity index (χ2v) is 5.60. The Morgan fingerprint density at radius 3 is 2.70 bits per heavy atom. The van der Waals surface area contributed by atoms with E-state index >= 15 is 0 Å². The van der Waals surface area contributed by atoms with Gasteiger partial charge >= 0.3 is 0 Å². The molecule has 1 aliphatic rings. The second-order valence-electron chi connectivity index (χ2n) is 5.60. The number of para-hydroxylation sites is 1. The van der Waals surface area contributed by atoms with Crippen LogP contribution in [0.2, 0.25) is 0 Å². The van der Waals surface area contributed by atoms with Crippen LogP contribution in [0.5, 0.6) is 0 Å². The highest BCUT2D eigenvalue weighted by atomic mass is 16.3. The Morgan fingerprint density at radius 1 is 1.30 bits per heavy atom. The van der Waals surface area contributed by atoms with E-state index < -0.39 is 0 Å². The number of likely N-dealkylation sites (tertiary alicyclic amines) is 1. The van der Waals surface area contributed by atoms with Gasteiger partial charge in [-0.25, -0.2) is 0 Å². The first kappa shape index (κ1) is 13.2. The number of nitrogens with zero attached hydrogens (tertiary/aromatic N) is 2. The van der Waals surface area contributed by atoms with Gasteiger partial charge in [0.2, 0.25) is 0 Å². The van der Waals surface area contributed by atoms with Gasteiger partial charge in [0.05, 0.1) is 0 Å². The zero-order valence-corrected chi connectivity index (χ0v) is 12.0. The smallest absolute Gasteiger partial charge is 0.289 e. The zero-order chi connectivity index (χ0) is 14.1. The van der Waals surface area contributed by atoms with Gasteiger partial charge in [-0.1, -0.05) is 18.2 Å². The first-order valence-corrected chi connectivity index (χ1v) is 7.09. The summed E-state index contributed by atoms with van der Waals surface area (Å²) in [6.45, 7) is 2.09. The summed E-state index contributed by atoms with van der Waals surface area (Å²) in [5.74, 6) is 0.420. The molecular weight excluding hydrogens is 252 g/mol. The number of hydrogen-bond donors (Lipinski definition) is 0. The minimum atomic E-state index is -0.0178. The Kier molecular flexibility index (Phi) is 3.49. The quantitative estimate of drug-likeness (QED) is 0.843. The van der Waals surface area contributed by atoms with Crippen LogP contribution in [0.25, 0.3) is 11.0 Å². The highest BCUT2D eigenvalue weighted by molar-refractivity contribution is 5.96. The van der Waals surface area contributed by atoms with Crippen molar-refractivity contribution in [3.8, 4) is 0 Å². The number of fused-ring (bicyclic) bond motifs is 1. The molecule has 0 unspecified atom stereocenters. The summed E-state index contributed by atoms with van der Waals surface area (Å²) in [5, 5.41) is 0.979. The van der Waals surface area contributed by atoms with E-state index in [-0.39, 0.29) is 5.91 Å². The zero-order valence-electron chi connectivity index (χ0n) is 12.0. The van der Waals surface area contributed by atoms with Crippen LogP contribution in [0.4, 0.5) is 0 Å². The Balaban J connectivity index is 1.77. The number of hydrogen-bond acceptors (Lipinski definition) is 3. The third-order valence-electron chi connectivity index (χ3n) is 4.19. The van der Waals surface area contributed by atoms with Crippen molar-refractivity contribution >= 4 is 16.9 Å². The number of rotatable bonds is 2. The largest absolute Gasteiger partial charge is 0.451 e. The summed E-state index contributed by atoms with van der Waals surface area (Å²) in [4.78, 5) is 16.7. The highest BCUT2D eigenvalue weighted by Gasteiger charge is 2.26. The molecule has 0 atom stereocenters. The summed E-state index contributed by atoms with van der Waals surface area (Å²) >= 11 is 0. The summed E-state index contributed by atoms with van der Waals surface area (Å²) in [6, 6.07) is 9.87. The molecule has 1 aromatic carbocycles. The molecule has 0 bridgehead atoms. The van der Waals surface area contributed by atoms with E-state index in [1.165, 1.54) is 0 Å². The normalized spacial score (nSPS) is 17.5. The summed E-state index contributed by atoms with van der Waals surface area (Å²) < 4.78 is 5.66. The number of amides is 1. The number of carbonyl (C=O) groups is 1. The van der Waals surface area contributed by atoms with Crippen molar-refractivity contribution in [2.45, 2.75) is 18.9 Å². The van der Waals surface area contributed by atoms with Gasteiger partial charge in [0.1, 0.15) is 5.58 Å². The van der Waals surface area contributed by atoms with E-state index in [0.717, 1.165) is 36.9 Å². The van der Waals surface area contributed by atoms with E-state index in [9.17, 15) is 4.79 Å². The van der Waals surface area contributed by atoms with Gasteiger partial charge in [-0.2, -0.15) is 0 Å². The van der Waals surface area contributed by atoms with Crippen molar-refractivity contribution in [3.63, 3.8) is 0 Å². The molecule has 1 aliphatic heterocycles. The SMILES string of the molecule is CN1CCC(N(C)C(=O)c2cc3ccccc3o2)CC1. The van der Waals surface area contributed by atoms with Gasteiger partial charge in [-0.3, -0.25) is 4.79 Å². The minimum Gasteiger partial charge on any atom is -0.451 e. The summed E-state index contributed by atoms with van der Waals surface area (Å²) in [6.07, 6.45) is 2.05. The fourth-order valence-corrected chi connectivity index (χ4v) is 2.81. The van der Waals surface area contributed by atoms with Crippen molar-refractivity contribution in [2.75, 3.05) is 27.2 Å². The molecule has 20 heavy (non-hydrogen) atoms. The summed E-state index contributed by atoms with van der Waals surface area (Å²) in [5.41, 5.74) is 0.771. The van der Waals surface area contributed by atoms with Crippen molar-refractivity contribution in [1.29, 1.82) is 0 Å². The maximum absolute atomic E-state index is 12.5. The lowest BCUT2D eigenvalue weighted by Crippen LogP contribution is -2.44. The van der Waals surface area contributed by atoms with Crippen molar-refractivity contribution in [1.82, 2.24) is 9.80 Å². The van der Waals surface area contributed by atoms with Gasteiger partial charge in [0, 0.05) is 18.5 Å². The van der Waals surface area contributed by atoms with Crippen LogP contribution in [-0.2, 0) is 0 Å². The molecule has 3 rings (SSSR count). The molecule has 1 saturated heterocycles. The number of benzene rings is 1. The third-order valence-corrected chi connectivity index (χ3v) is 4.19. The molecular formula is C16H20N2O2. The molecule has 2 aromatic rings. The maximum Gasteiger partial charge on any atom is 0.289 e. The predicted octanol–water partition coefficient (Wildman–Crippen LogP) is 2.60. The number of furan rings is 1. The average molecular weight is 272 g/mol. The lowest BCUT2D eigenvalue weighted by molar-refractivity contribution is 0.0630. The molecule has 1 amide bonds. The summed E-state index contributed by atoms with van der Waals surface area (Å²) in [7, 11) is 4.00. The fraction of sp³-hybridized carbons (Fsp3) is 0.438. The standard InChI is InChI=1S/C16H20N2O2/c1-17-9-7-13(8-10-17)18(2)16(19)15-11-12-5-3-4-6-14(12)20-15/h3-6,11,13H,7-10H2,1-2H3. The fourth-order valence-electron chi connectivity index (χ4n) is 2.81. The lowest BCUT2D eigenvalue weighted by atomic mass is 10.0. The van der Waals surface area contributed by atoms with Crippen LogP contribution in [-0.4, -0.2) is 48.9 Å². The van der Waals surface area contributed by atoms with Crippen LogP contribution < -0.4 is 0 Å². The first-order chi connectivity index (χ1) is 9.65. The third kappa shape index (κ3) is 2.43. The molecule has 4 nitrogen and oxygen atoms in total. The molecule has 2 heterocycles. The Bertz CT molecular complexity index is 579. The Labute approximate surface area is 119 Å². The van der Waals surface area contributed by atoms with Crippen molar-refractivity contribution in [3.05, 3.63) is 36.1 Å². The molecule has 4 heteroatoms. The Morgan fingerprint density at radius 2 is 2.00 bits per heavy atom. The topological polar surface area (TPSA) is 36.7 Å². The molecule has 0 aliphatic carbocycles. The number of carbonyl (C=O) groups excluding carboxylic acids is 1. The molecule has 0 saturated carbocycles. The highest BCUT2D eigenvalue weighted by Crippen LogP contribution is 2.22.